The van der Waals surface area contributed by atoms with Crippen molar-refractivity contribution < 1.29 is 9.13 Å². The second-order valence-electron chi connectivity index (χ2n) is 3.54. The molecular weight excluding hydrogens is 167 g/mol. The number of rotatable bonds is 4. The number of halogens is 1. The van der Waals surface area contributed by atoms with Crippen molar-refractivity contribution in [1.29, 1.82) is 0 Å². The Balaban J connectivity index is 2.33. The molecule has 2 heteroatoms. The van der Waals surface area contributed by atoms with Gasteiger partial charge in [-0.2, -0.15) is 0 Å². The summed E-state index contributed by atoms with van der Waals surface area (Å²) in [6, 6.07) is 6.40. The summed E-state index contributed by atoms with van der Waals surface area (Å²) in [6.07, 6.45) is 0. The van der Waals surface area contributed by atoms with Gasteiger partial charge < -0.3 is 4.74 Å². The molecule has 0 aliphatic heterocycles. The largest absolute Gasteiger partial charge is 0.377 e. The predicted octanol–water partition coefficient (Wildman–Crippen LogP) is 3.00. The Morgan fingerprint density at radius 1 is 1.23 bits per heavy atom. The van der Waals surface area contributed by atoms with Crippen LogP contribution in [0.2, 0.25) is 0 Å². The Kier molecular flexibility index (Phi) is 3.90. The average Bonchev–Trinajstić information content (AvgIpc) is 2.08. The number of hydrogen-bond donors (Lipinski definition) is 0. The maximum absolute atomic E-state index is 12.5. The van der Waals surface area contributed by atoms with Crippen LogP contribution in [0.4, 0.5) is 4.39 Å². The fourth-order valence-corrected chi connectivity index (χ4v) is 0.993. The molecule has 0 bridgehead atoms. The Morgan fingerprint density at radius 3 is 2.38 bits per heavy atom. The highest BCUT2D eigenvalue weighted by Gasteiger charge is 1.96. The molecule has 1 rings (SSSR count). The van der Waals surface area contributed by atoms with Gasteiger partial charge in [0.05, 0.1) is 6.61 Å². The molecule has 1 aromatic rings. The van der Waals surface area contributed by atoms with Gasteiger partial charge in [-0.3, -0.25) is 0 Å². The highest BCUT2D eigenvalue weighted by Crippen LogP contribution is 2.05. The third-order valence-corrected chi connectivity index (χ3v) is 1.63. The number of hydrogen-bond acceptors (Lipinski definition) is 1. The smallest absolute Gasteiger partial charge is 0.123 e. The molecular formula is C11H15FO. The highest BCUT2D eigenvalue weighted by molar-refractivity contribution is 5.14. The molecule has 0 aliphatic carbocycles. The van der Waals surface area contributed by atoms with E-state index in [0.717, 1.165) is 12.2 Å². The third-order valence-electron chi connectivity index (χ3n) is 1.63. The molecule has 13 heavy (non-hydrogen) atoms. The van der Waals surface area contributed by atoms with E-state index in [1.165, 1.54) is 12.1 Å². The van der Waals surface area contributed by atoms with Gasteiger partial charge in [-0.1, -0.05) is 26.0 Å². The van der Waals surface area contributed by atoms with Gasteiger partial charge in [-0.15, -0.1) is 0 Å². The molecule has 0 heterocycles. The molecule has 0 spiro atoms. The molecule has 0 radical (unpaired) electrons. The van der Waals surface area contributed by atoms with Gasteiger partial charge >= 0.3 is 0 Å². The topological polar surface area (TPSA) is 9.23 Å². The van der Waals surface area contributed by atoms with Crippen LogP contribution in [0.5, 0.6) is 0 Å². The van der Waals surface area contributed by atoms with Crippen LogP contribution in [-0.2, 0) is 11.3 Å². The summed E-state index contributed by atoms with van der Waals surface area (Å²) in [5.74, 6) is 0.341. The molecule has 0 unspecified atom stereocenters. The summed E-state index contributed by atoms with van der Waals surface area (Å²) in [6.45, 7) is 5.52. The number of ether oxygens (including phenoxy) is 1. The van der Waals surface area contributed by atoms with Crippen molar-refractivity contribution in [3.63, 3.8) is 0 Å². The maximum Gasteiger partial charge on any atom is 0.123 e. The summed E-state index contributed by atoms with van der Waals surface area (Å²) in [5.41, 5.74) is 1.02. The Bertz CT molecular complexity index is 241. The SMILES string of the molecule is CC(C)COCc1ccc(F)cc1. The van der Waals surface area contributed by atoms with Gasteiger partial charge in [0.2, 0.25) is 0 Å². The Labute approximate surface area is 78.5 Å². The van der Waals surface area contributed by atoms with Gasteiger partial charge in [-0.25, -0.2) is 4.39 Å². The van der Waals surface area contributed by atoms with E-state index >= 15 is 0 Å². The van der Waals surface area contributed by atoms with Gasteiger partial charge in [0, 0.05) is 6.61 Å². The van der Waals surface area contributed by atoms with Gasteiger partial charge in [0.25, 0.3) is 0 Å². The van der Waals surface area contributed by atoms with Crippen molar-refractivity contribution in [1.82, 2.24) is 0 Å². The molecule has 0 fully saturated rings. The van der Waals surface area contributed by atoms with Crippen LogP contribution in [0.25, 0.3) is 0 Å². The van der Waals surface area contributed by atoms with E-state index in [-0.39, 0.29) is 5.82 Å². The molecule has 0 amide bonds. The molecule has 0 saturated carbocycles. The zero-order valence-corrected chi connectivity index (χ0v) is 8.09. The lowest BCUT2D eigenvalue weighted by Gasteiger charge is -2.06. The van der Waals surface area contributed by atoms with E-state index in [9.17, 15) is 4.39 Å². The first-order valence-corrected chi connectivity index (χ1v) is 4.50. The van der Waals surface area contributed by atoms with Crippen molar-refractivity contribution >= 4 is 0 Å². The van der Waals surface area contributed by atoms with Gasteiger partial charge in [-0.05, 0) is 23.6 Å². The van der Waals surface area contributed by atoms with E-state index in [4.69, 9.17) is 4.74 Å². The Hall–Kier alpha value is -0.890. The Morgan fingerprint density at radius 2 is 1.85 bits per heavy atom. The minimum atomic E-state index is -0.201. The molecule has 0 N–H and O–H groups in total. The lowest BCUT2D eigenvalue weighted by atomic mass is 10.2. The van der Waals surface area contributed by atoms with Gasteiger partial charge in [0.15, 0.2) is 0 Å². The highest BCUT2D eigenvalue weighted by atomic mass is 19.1. The van der Waals surface area contributed by atoms with Crippen LogP contribution in [0.3, 0.4) is 0 Å². The van der Waals surface area contributed by atoms with Crippen molar-refractivity contribution in [2.24, 2.45) is 5.92 Å². The third kappa shape index (κ3) is 4.04. The minimum absolute atomic E-state index is 0.201. The van der Waals surface area contributed by atoms with Crippen LogP contribution in [0, 0.1) is 11.7 Å². The molecule has 1 nitrogen and oxygen atoms in total. The van der Waals surface area contributed by atoms with Gasteiger partial charge in [0.1, 0.15) is 5.82 Å². The summed E-state index contributed by atoms with van der Waals surface area (Å²) in [4.78, 5) is 0. The van der Waals surface area contributed by atoms with E-state index in [0.29, 0.717) is 12.5 Å². The van der Waals surface area contributed by atoms with Crippen molar-refractivity contribution in [3.8, 4) is 0 Å². The molecule has 0 aliphatic rings. The normalized spacial score (nSPS) is 10.8. The van der Waals surface area contributed by atoms with Crippen LogP contribution >= 0.6 is 0 Å². The average molecular weight is 182 g/mol. The predicted molar refractivity (Wildman–Crippen MR) is 50.9 cm³/mol. The fraction of sp³-hybridized carbons (Fsp3) is 0.455. The first-order valence-electron chi connectivity index (χ1n) is 4.50. The summed E-state index contributed by atoms with van der Waals surface area (Å²) < 4.78 is 17.9. The minimum Gasteiger partial charge on any atom is -0.377 e. The summed E-state index contributed by atoms with van der Waals surface area (Å²) in [7, 11) is 0. The quantitative estimate of drug-likeness (QED) is 0.695. The van der Waals surface area contributed by atoms with E-state index in [1.54, 1.807) is 12.1 Å². The zero-order chi connectivity index (χ0) is 9.68. The van der Waals surface area contributed by atoms with Crippen LogP contribution in [-0.4, -0.2) is 6.61 Å². The lowest BCUT2D eigenvalue weighted by molar-refractivity contribution is 0.0970. The second-order valence-corrected chi connectivity index (χ2v) is 3.54. The zero-order valence-electron chi connectivity index (χ0n) is 8.09. The van der Waals surface area contributed by atoms with Crippen LogP contribution in [0.1, 0.15) is 19.4 Å². The molecule has 0 aromatic heterocycles. The molecule has 72 valence electrons. The molecule has 0 saturated heterocycles. The second kappa shape index (κ2) is 4.97. The summed E-state index contributed by atoms with van der Waals surface area (Å²) in [5, 5.41) is 0. The summed E-state index contributed by atoms with van der Waals surface area (Å²) >= 11 is 0. The first kappa shape index (κ1) is 10.2. The molecule has 0 atom stereocenters. The standard InChI is InChI=1S/C11H15FO/c1-9(2)7-13-8-10-3-5-11(12)6-4-10/h3-6,9H,7-8H2,1-2H3. The van der Waals surface area contributed by atoms with Crippen LogP contribution < -0.4 is 0 Å². The fourth-order valence-electron chi connectivity index (χ4n) is 0.993. The van der Waals surface area contributed by atoms with E-state index in [1.807, 2.05) is 0 Å². The van der Waals surface area contributed by atoms with Crippen molar-refractivity contribution in [2.75, 3.05) is 6.61 Å². The maximum atomic E-state index is 12.5. The molecule has 1 aromatic carbocycles. The van der Waals surface area contributed by atoms with Crippen LogP contribution in [0.15, 0.2) is 24.3 Å². The van der Waals surface area contributed by atoms with Crippen molar-refractivity contribution in [2.45, 2.75) is 20.5 Å². The first-order chi connectivity index (χ1) is 6.18. The monoisotopic (exact) mass is 182 g/mol. The van der Waals surface area contributed by atoms with E-state index < -0.39 is 0 Å². The lowest BCUT2D eigenvalue weighted by Crippen LogP contribution is -2.01. The number of benzene rings is 1. The van der Waals surface area contributed by atoms with E-state index in [2.05, 4.69) is 13.8 Å². The van der Waals surface area contributed by atoms with Crippen molar-refractivity contribution in [3.05, 3.63) is 35.6 Å².